The van der Waals surface area contributed by atoms with E-state index in [0.717, 1.165) is 17.7 Å². The van der Waals surface area contributed by atoms with Gasteiger partial charge in [-0.25, -0.2) is 4.79 Å². The van der Waals surface area contributed by atoms with Crippen LogP contribution in [0.1, 0.15) is 23.0 Å². The van der Waals surface area contributed by atoms with E-state index in [1.807, 2.05) is 31.2 Å². The summed E-state index contributed by atoms with van der Waals surface area (Å²) in [5, 5.41) is 2.72. The Bertz CT molecular complexity index is 583. The largest absolute Gasteiger partial charge is 0.323 e. The first-order chi connectivity index (χ1) is 8.19. The van der Waals surface area contributed by atoms with Gasteiger partial charge in [-0.15, -0.1) is 0 Å². The average molecular weight is 231 g/mol. The highest BCUT2D eigenvalue weighted by molar-refractivity contribution is 6.02. The van der Waals surface area contributed by atoms with Crippen LogP contribution in [0.3, 0.4) is 0 Å². The molecule has 5 heteroatoms. The number of H-pyrrole nitrogens is 2. The molecule has 2 rings (SSSR count). The normalized spacial score (nSPS) is 10.2. The van der Waals surface area contributed by atoms with Crippen LogP contribution in [0.5, 0.6) is 0 Å². The summed E-state index contributed by atoms with van der Waals surface area (Å²) in [7, 11) is 0. The summed E-state index contributed by atoms with van der Waals surface area (Å²) in [4.78, 5) is 27.4. The Hall–Kier alpha value is -2.30. The maximum atomic E-state index is 11.7. The molecule has 0 atom stereocenters. The minimum Gasteiger partial charge on any atom is -0.321 e. The minimum absolute atomic E-state index is 0.219. The molecule has 5 nitrogen and oxygen atoms in total. The maximum absolute atomic E-state index is 11.7. The highest BCUT2D eigenvalue weighted by atomic mass is 16.2. The minimum atomic E-state index is -0.391. The summed E-state index contributed by atoms with van der Waals surface area (Å²) in [5.74, 6) is -0.336. The van der Waals surface area contributed by atoms with E-state index in [9.17, 15) is 9.59 Å². The number of aromatic nitrogens is 2. The van der Waals surface area contributed by atoms with Crippen LogP contribution in [-0.2, 0) is 6.42 Å². The second-order valence-corrected chi connectivity index (χ2v) is 3.66. The Balaban J connectivity index is 2.15. The first-order valence-corrected chi connectivity index (χ1v) is 5.37. The number of carbonyl (C=O) groups is 1. The molecule has 0 bridgehead atoms. The molecule has 0 radical (unpaired) electrons. The monoisotopic (exact) mass is 231 g/mol. The van der Waals surface area contributed by atoms with Gasteiger partial charge in [-0.3, -0.25) is 4.79 Å². The molecule has 0 aliphatic carbocycles. The number of rotatable bonds is 3. The summed E-state index contributed by atoms with van der Waals surface area (Å²) in [6.07, 6.45) is 2.26. The maximum Gasteiger partial charge on any atom is 0.323 e. The second-order valence-electron chi connectivity index (χ2n) is 3.66. The molecule has 2 aromatic rings. The van der Waals surface area contributed by atoms with E-state index >= 15 is 0 Å². The summed E-state index contributed by atoms with van der Waals surface area (Å²) < 4.78 is 0. The third kappa shape index (κ3) is 2.63. The van der Waals surface area contributed by atoms with E-state index in [2.05, 4.69) is 15.3 Å². The highest BCUT2D eigenvalue weighted by Gasteiger charge is 2.07. The summed E-state index contributed by atoms with van der Waals surface area (Å²) in [6, 6.07) is 7.59. The third-order valence-corrected chi connectivity index (χ3v) is 2.43. The van der Waals surface area contributed by atoms with Gasteiger partial charge in [0.05, 0.1) is 0 Å². The van der Waals surface area contributed by atoms with Gasteiger partial charge in [0.25, 0.3) is 5.91 Å². The quantitative estimate of drug-likeness (QED) is 0.748. The predicted octanol–water partition coefficient (Wildman–Crippen LogP) is 1.52. The van der Waals surface area contributed by atoms with Crippen molar-refractivity contribution in [1.29, 1.82) is 0 Å². The van der Waals surface area contributed by atoms with Crippen LogP contribution < -0.4 is 11.0 Å². The first-order valence-electron chi connectivity index (χ1n) is 5.37. The van der Waals surface area contributed by atoms with Gasteiger partial charge >= 0.3 is 5.69 Å². The SMILES string of the molecule is CCc1cccc(NC(=O)c2c[nH]c(=O)[nH]2)c1. The molecule has 0 aliphatic heterocycles. The Kier molecular flexibility index (Phi) is 3.09. The van der Waals surface area contributed by atoms with Gasteiger partial charge in [0, 0.05) is 11.9 Å². The predicted molar refractivity (Wildman–Crippen MR) is 65.2 cm³/mol. The molecule has 17 heavy (non-hydrogen) atoms. The number of imidazole rings is 1. The molecule has 0 aliphatic rings. The molecule has 0 saturated heterocycles. The van der Waals surface area contributed by atoms with Gasteiger partial charge < -0.3 is 15.3 Å². The number of aryl methyl sites for hydroxylation is 1. The molecule has 1 aromatic heterocycles. The molecular weight excluding hydrogens is 218 g/mol. The van der Waals surface area contributed by atoms with Crippen LogP contribution in [0.2, 0.25) is 0 Å². The molecular formula is C12H13N3O2. The summed E-state index contributed by atoms with van der Waals surface area (Å²) in [6.45, 7) is 2.05. The fraction of sp³-hybridized carbons (Fsp3) is 0.167. The van der Waals surface area contributed by atoms with Crippen LogP contribution in [0.4, 0.5) is 5.69 Å². The Morgan fingerprint density at radius 1 is 1.41 bits per heavy atom. The molecule has 0 fully saturated rings. The lowest BCUT2D eigenvalue weighted by molar-refractivity contribution is 0.102. The lowest BCUT2D eigenvalue weighted by atomic mass is 10.1. The van der Waals surface area contributed by atoms with E-state index in [1.165, 1.54) is 6.20 Å². The molecule has 3 N–H and O–H groups in total. The van der Waals surface area contributed by atoms with Crippen molar-refractivity contribution >= 4 is 11.6 Å². The van der Waals surface area contributed by atoms with Crippen molar-refractivity contribution in [2.24, 2.45) is 0 Å². The smallest absolute Gasteiger partial charge is 0.321 e. The molecule has 1 aromatic carbocycles. The van der Waals surface area contributed by atoms with Crippen LogP contribution >= 0.6 is 0 Å². The van der Waals surface area contributed by atoms with Crippen LogP contribution in [0, 0.1) is 0 Å². The number of nitrogens with one attached hydrogen (secondary N) is 3. The molecule has 88 valence electrons. The first kappa shape index (κ1) is 11.2. The van der Waals surface area contributed by atoms with Crippen molar-refractivity contribution in [2.45, 2.75) is 13.3 Å². The summed E-state index contributed by atoms with van der Waals surface area (Å²) >= 11 is 0. The molecule has 0 spiro atoms. The molecule has 0 saturated carbocycles. The zero-order valence-electron chi connectivity index (χ0n) is 9.41. The number of anilines is 1. The number of hydrogen-bond acceptors (Lipinski definition) is 2. The standard InChI is InChI=1S/C12H13N3O2/c1-2-8-4-3-5-9(6-8)14-11(16)10-7-13-12(17)15-10/h3-7H,2H2,1H3,(H,14,16)(H2,13,15,17). The molecule has 0 unspecified atom stereocenters. The van der Waals surface area contributed by atoms with Crippen molar-refractivity contribution in [3.63, 3.8) is 0 Å². The lowest BCUT2D eigenvalue weighted by Crippen LogP contribution is -2.14. The topological polar surface area (TPSA) is 77.8 Å². The fourth-order valence-corrected chi connectivity index (χ4v) is 1.52. The van der Waals surface area contributed by atoms with E-state index in [-0.39, 0.29) is 11.6 Å². The van der Waals surface area contributed by atoms with Crippen molar-refractivity contribution in [1.82, 2.24) is 9.97 Å². The van der Waals surface area contributed by atoms with E-state index < -0.39 is 5.69 Å². The van der Waals surface area contributed by atoms with Gasteiger partial charge in [0.1, 0.15) is 5.69 Å². The Labute approximate surface area is 97.9 Å². The summed E-state index contributed by atoms with van der Waals surface area (Å²) in [5.41, 5.74) is 1.69. The Morgan fingerprint density at radius 2 is 2.24 bits per heavy atom. The van der Waals surface area contributed by atoms with Gasteiger partial charge in [0.15, 0.2) is 0 Å². The number of aromatic amines is 2. The highest BCUT2D eigenvalue weighted by Crippen LogP contribution is 2.11. The zero-order chi connectivity index (χ0) is 12.3. The van der Waals surface area contributed by atoms with Crippen molar-refractivity contribution in [2.75, 3.05) is 5.32 Å². The van der Waals surface area contributed by atoms with Crippen molar-refractivity contribution in [3.05, 3.63) is 52.2 Å². The molecule has 1 heterocycles. The van der Waals surface area contributed by atoms with Crippen molar-refractivity contribution in [3.8, 4) is 0 Å². The number of hydrogen-bond donors (Lipinski definition) is 3. The van der Waals surface area contributed by atoms with Crippen LogP contribution in [-0.4, -0.2) is 15.9 Å². The van der Waals surface area contributed by atoms with Crippen LogP contribution in [0.25, 0.3) is 0 Å². The third-order valence-electron chi connectivity index (χ3n) is 2.43. The van der Waals surface area contributed by atoms with Gasteiger partial charge in [0.2, 0.25) is 0 Å². The van der Waals surface area contributed by atoms with E-state index in [1.54, 1.807) is 0 Å². The Morgan fingerprint density at radius 3 is 2.88 bits per heavy atom. The van der Waals surface area contributed by atoms with Gasteiger partial charge in [-0.1, -0.05) is 19.1 Å². The fourth-order valence-electron chi connectivity index (χ4n) is 1.52. The number of benzene rings is 1. The van der Waals surface area contributed by atoms with Gasteiger partial charge in [-0.2, -0.15) is 0 Å². The second kappa shape index (κ2) is 4.69. The zero-order valence-corrected chi connectivity index (χ0v) is 9.41. The molecule has 1 amide bonds. The lowest BCUT2D eigenvalue weighted by Gasteiger charge is -2.04. The average Bonchev–Trinajstić information content (AvgIpc) is 2.76. The van der Waals surface area contributed by atoms with Crippen LogP contribution in [0.15, 0.2) is 35.3 Å². The van der Waals surface area contributed by atoms with Crippen molar-refractivity contribution < 1.29 is 4.79 Å². The van der Waals surface area contributed by atoms with E-state index in [4.69, 9.17) is 0 Å². The van der Waals surface area contributed by atoms with E-state index in [0.29, 0.717) is 0 Å². The number of amides is 1. The van der Waals surface area contributed by atoms with Gasteiger partial charge in [-0.05, 0) is 24.1 Å². The number of carbonyl (C=O) groups excluding carboxylic acids is 1.